The lowest BCUT2D eigenvalue weighted by atomic mass is 10.0. The number of rotatable bonds is 7. The van der Waals surface area contributed by atoms with Crippen LogP contribution in [0, 0.1) is 16.0 Å². The molecule has 0 aliphatic heterocycles. The number of esters is 1. The van der Waals surface area contributed by atoms with Gasteiger partial charge < -0.3 is 10.1 Å². The monoisotopic (exact) mass is 356 g/mol. The Kier molecular flexibility index (Phi) is 6.43. The second-order valence-electron chi connectivity index (χ2n) is 6.09. The SMILES string of the molecule is CC(C)[C@H](NC(=O)c1ccccc1)C(=O)OCc1ccc([N+](=O)[O-])cc1. The van der Waals surface area contributed by atoms with Crippen LogP contribution in [0.2, 0.25) is 0 Å². The van der Waals surface area contributed by atoms with E-state index in [1.54, 1.807) is 30.3 Å². The van der Waals surface area contributed by atoms with Gasteiger partial charge in [0.05, 0.1) is 4.92 Å². The van der Waals surface area contributed by atoms with Crippen LogP contribution in [0.15, 0.2) is 54.6 Å². The number of carbonyl (C=O) groups is 2. The average Bonchev–Trinajstić information content (AvgIpc) is 2.64. The minimum atomic E-state index is -0.791. The van der Waals surface area contributed by atoms with Crippen molar-refractivity contribution in [3.05, 3.63) is 75.8 Å². The topological polar surface area (TPSA) is 98.5 Å². The molecule has 0 saturated carbocycles. The fourth-order valence-electron chi connectivity index (χ4n) is 2.27. The van der Waals surface area contributed by atoms with E-state index in [-0.39, 0.29) is 24.1 Å². The lowest BCUT2D eigenvalue weighted by Gasteiger charge is -2.21. The van der Waals surface area contributed by atoms with E-state index in [4.69, 9.17) is 4.74 Å². The number of nitro groups is 1. The maximum absolute atomic E-state index is 12.4. The van der Waals surface area contributed by atoms with Gasteiger partial charge in [-0.15, -0.1) is 0 Å². The van der Waals surface area contributed by atoms with Gasteiger partial charge in [0.25, 0.3) is 11.6 Å². The lowest BCUT2D eigenvalue weighted by molar-refractivity contribution is -0.384. The number of benzene rings is 2. The minimum Gasteiger partial charge on any atom is -0.459 e. The molecule has 1 N–H and O–H groups in total. The van der Waals surface area contributed by atoms with Crippen molar-refractivity contribution in [3.8, 4) is 0 Å². The molecule has 7 heteroatoms. The smallest absolute Gasteiger partial charge is 0.329 e. The van der Waals surface area contributed by atoms with E-state index < -0.39 is 16.9 Å². The predicted octanol–water partition coefficient (Wildman–Crippen LogP) is 3.09. The van der Waals surface area contributed by atoms with Gasteiger partial charge in [-0.3, -0.25) is 14.9 Å². The molecule has 2 rings (SSSR count). The Morgan fingerprint density at radius 2 is 1.69 bits per heavy atom. The zero-order valence-corrected chi connectivity index (χ0v) is 14.5. The molecule has 0 aliphatic carbocycles. The molecule has 1 amide bonds. The van der Waals surface area contributed by atoms with Gasteiger partial charge in [-0.2, -0.15) is 0 Å². The molecule has 0 unspecified atom stereocenters. The second kappa shape index (κ2) is 8.75. The van der Waals surface area contributed by atoms with Crippen LogP contribution in [0.4, 0.5) is 5.69 Å². The second-order valence-corrected chi connectivity index (χ2v) is 6.09. The molecule has 2 aromatic rings. The molecule has 7 nitrogen and oxygen atoms in total. The molecule has 0 spiro atoms. The lowest BCUT2D eigenvalue weighted by Crippen LogP contribution is -2.45. The van der Waals surface area contributed by atoms with E-state index in [0.29, 0.717) is 11.1 Å². The molecule has 136 valence electrons. The molecule has 26 heavy (non-hydrogen) atoms. The highest BCUT2D eigenvalue weighted by Crippen LogP contribution is 2.14. The Morgan fingerprint density at radius 1 is 1.08 bits per heavy atom. The van der Waals surface area contributed by atoms with Crippen molar-refractivity contribution >= 4 is 17.6 Å². The molecular formula is C19H20N2O5. The standard InChI is InChI=1S/C19H20N2O5/c1-13(2)17(20-18(22)15-6-4-3-5-7-15)19(23)26-12-14-8-10-16(11-9-14)21(24)25/h3-11,13,17H,12H2,1-2H3,(H,20,22)/t17-/m0/s1. The van der Waals surface area contributed by atoms with E-state index in [1.165, 1.54) is 24.3 Å². The van der Waals surface area contributed by atoms with Crippen molar-refractivity contribution in [2.24, 2.45) is 5.92 Å². The first-order valence-corrected chi connectivity index (χ1v) is 8.14. The predicted molar refractivity (Wildman–Crippen MR) is 95.4 cm³/mol. The third-order valence-electron chi connectivity index (χ3n) is 3.77. The highest BCUT2D eigenvalue weighted by molar-refractivity contribution is 5.96. The molecule has 0 aromatic heterocycles. The summed E-state index contributed by atoms with van der Waals surface area (Å²) in [6.07, 6.45) is 0. The van der Waals surface area contributed by atoms with Crippen molar-refractivity contribution in [1.29, 1.82) is 0 Å². The summed E-state index contributed by atoms with van der Waals surface area (Å²) in [4.78, 5) is 34.8. The van der Waals surface area contributed by atoms with Crippen LogP contribution in [-0.4, -0.2) is 22.8 Å². The molecule has 0 saturated heterocycles. The molecule has 1 atom stereocenters. The number of ether oxygens (including phenoxy) is 1. The number of hydrogen-bond donors (Lipinski definition) is 1. The van der Waals surface area contributed by atoms with Crippen molar-refractivity contribution in [3.63, 3.8) is 0 Å². The van der Waals surface area contributed by atoms with Gasteiger partial charge in [-0.1, -0.05) is 32.0 Å². The number of hydrogen-bond acceptors (Lipinski definition) is 5. The van der Waals surface area contributed by atoms with E-state index >= 15 is 0 Å². The first-order valence-electron chi connectivity index (χ1n) is 8.14. The third kappa shape index (κ3) is 5.14. The van der Waals surface area contributed by atoms with E-state index in [1.807, 2.05) is 13.8 Å². The van der Waals surface area contributed by atoms with Crippen molar-refractivity contribution in [2.75, 3.05) is 0 Å². The molecule has 0 fully saturated rings. The van der Waals surface area contributed by atoms with Gasteiger partial charge in [0.2, 0.25) is 0 Å². The maximum Gasteiger partial charge on any atom is 0.329 e. The largest absolute Gasteiger partial charge is 0.459 e. The molecular weight excluding hydrogens is 336 g/mol. The summed E-state index contributed by atoms with van der Waals surface area (Å²) < 4.78 is 5.27. The van der Waals surface area contributed by atoms with Crippen molar-refractivity contribution in [2.45, 2.75) is 26.5 Å². The van der Waals surface area contributed by atoms with E-state index in [0.717, 1.165) is 0 Å². The normalized spacial score (nSPS) is 11.7. The molecule has 0 radical (unpaired) electrons. The number of nitrogens with one attached hydrogen (secondary N) is 1. The zero-order chi connectivity index (χ0) is 19.1. The Balaban J connectivity index is 1.97. The minimum absolute atomic E-state index is 0.0265. The van der Waals surface area contributed by atoms with Gasteiger partial charge in [-0.05, 0) is 35.7 Å². The van der Waals surface area contributed by atoms with Crippen LogP contribution >= 0.6 is 0 Å². The average molecular weight is 356 g/mol. The Labute approximate surface area is 151 Å². The fraction of sp³-hybridized carbons (Fsp3) is 0.263. The first-order chi connectivity index (χ1) is 12.4. The van der Waals surface area contributed by atoms with Gasteiger partial charge in [0.1, 0.15) is 12.6 Å². The molecule has 0 heterocycles. The van der Waals surface area contributed by atoms with E-state index in [9.17, 15) is 19.7 Å². The summed E-state index contributed by atoms with van der Waals surface area (Å²) in [7, 11) is 0. The fourth-order valence-corrected chi connectivity index (χ4v) is 2.27. The van der Waals surface area contributed by atoms with Crippen LogP contribution in [-0.2, 0) is 16.1 Å². The Hall–Kier alpha value is -3.22. The zero-order valence-electron chi connectivity index (χ0n) is 14.5. The van der Waals surface area contributed by atoms with Gasteiger partial charge in [0.15, 0.2) is 0 Å². The first kappa shape index (κ1) is 19.1. The summed E-state index contributed by atoms with van der Waals surface area (Å²) in [6.45, 7) is 3.59. The highest BCUT2D eigenvalue weighted by Gasteiger charge is 2.26. The highest BCUT2D eigenvalue weighted by atomic mass is 16.6. The van der Waals surface area contributed by atoms with Crippen LogP contribution in [0.5, 0.6) is 0 Å². The Morgan fingerprint density at radius 3 is 2.23 bits per heavy atom. The molecule has 0 aliphatic rings. The summed E-state index contributed by atoms with van der Waals surface area (Å²) >= 11 is 0. The van der Waals surface area contributed by atoms with Gasteiger partial charge >= 0.3 is 5.97 Å². The summed E-state index contributed by atoms with van der Waals surface area (Å²) in [6, 6.07) is 13.6. The summed E-state index contributed by atoms with van der Waals surface area (Å²) in [5.41, 5.74) is 1.05. The number of carbonyl (C=O) groups excluding carboxylic acids is 2. The molecule has 0 bridgehead atoms. The van der Waals surface area contributed by atoms with Crippen molar-refractivity contribution in [1.82, 2.24) is 5.32 Å². The molecule has 2 aromatic carbocycles. The van der Waals surface area contributed by atoms with Gasteiger partial charge in [-0.25, -0.2) is 4.79 Å². The van der Waals surface area contributed by atoms with Gasteiger partial charge in [0, 0.05) is 17.7 Å². The maximum atomic E-state index is 12.4. The van der Waals surface area contributed by atoms with Crippen molar-refractivity contribution < 1.29 is 19.2 Å². The summed E-state index contributed by atoms with van der Waals surface area (Å²) in [5.74, 6) is -1.06. The van der Waals surface area contributed by atoms with Crippen LogP contribution in [0.3, 0.4) is 0 Å². The Bertz CT molecular complexity index is 772. The van der Waals surface area contributed by atoms with E-state index in [2.05, 4.69) is 5.32 Å². The van der Waals surface area contributed by atoms with Crippen LogP contribution in [0.25, 0.3) is 0 Å². The number of nitro benzene ring substituents is 1. The van der Waals surface area contributed by atoms with Crippen LogP contribution < -0.4 is 5.32 Å². The van der Waals surface area contributed by atoms with Crippen LogP contribution in [0.1, 0.15) is 29.8 Å². The summed E-state index contributed by atoms with van der Waals surface area (Å²) in [5, 5.41) is 13.3. The quantitative estimate of drug-likeness (QED) is 0.467. The number of amides is 1. The third-order valence-corrected chi connectivity index (χ3v) is 3.77. The number of nitrogens with zero attached hydrogens (tertiary/aromatic N) is 1. The number of non-ortho nitro benzene ring substituents is 1.